The van der Waals surface area contributed by atoms with Crippen LogP contribution in [-0.4, -0.2) is 30.2 Å². The van der Waals surface area contributed by atoms with Gasteiger partial charge in [-0.25, -0.2) is 14.6 Å². The SMILES string of the molecule is CCOC(=O)C1=C(C)N=c2s/c(=C/c3ccc(-c4ccc(C(=O)OC)cc4C)o3)c(=O)n2[C@H]1c1ccccc1. The van der Waals surface area contributed by atoms with Crippen molar-refractivity contribution in [3.63, 3.8) is 0 Å². The van der Waals surface area contributed by atoms with Gasteiger partial charge in [0.05, 0.1) is 41.1 Å². The van der Waals surface area contributed by atoms with E-state index in [9.17, 15) is 14.4 Å². The van der Waals surface area contributed by atoms with Crippen LogP contribution in [0.2, 0.25) is 0 Å². The van der Waals surface area contributed by atoms with Gasteiger partial charge in [0.1, 0.15) is 11.5 Å². The molecule has 0 spiro atoms. The summed E-state index contributed by atoms with van der Waals surface area (Å²) in [5.41, 5.74) is 3.49. The largest absolute Gasteiger partial charge is 0.465 e. The highest BCUT2D eigenvalue weighted by Gasteiger charge is 2.33. The van der Waals surface area contributed by atoms with Crippen LogP contribution in [-0.2, 0) is 14.3 Å². The highest BCUT2D eigenvalue weighted by atomic mass is 32.1. The van der Waals surface area contributed by atoms with E-state index in [2.05, 4.69) is 4.99 Å². The van der Waals surface area contributed by atoms with Gasteiger partial charge in [-0.15, -0.1) is 0 Å². The Balaban J connectivity index is 1.58. The number of allylic oxidation sites excluding steroid dienone is 1. The van der Waals surface area contributed by atoms with Crippen LogP contribution in [0.15, 0.2) is 86.1 Å². The maximum absolute atomic E-state index is 13.7. The van der Waals surface area contributed by atoms with Crippen LogP contribution in [0.5, 0.6) is 0 Å². The van der Waals surface area contributed by atoms with Gasteiger partial charge in [-0.3, -0.25) is 9.36 Å². The third kappa shape index (κ3) is 4.88. The number of esters is 2. The minimum atomic E-state index is -0.660. The molecule has 0 unspecified atom stereocenters. The standard InChI is InChI=1S/C30H26N2O6S/c1-5-37-29(35)25-18(3)31-30-32(26(25)19-9-7-6-8-10-19)27(33)24(39-30)16-21-12-14-23(38-21)22-13-11-20(15-17(22)2)28(34)36-4/h6-16,26H,5H2,1-4H3/b24-16+/t26-/m0/s1. The zero-order valence-electron chi connectivity index (χ0n) is 21.9. The molecule has 0 bridgehead atoms. The van der Waals surface area contributed by atoms with E-state index in [0.717, 1.165) is 16.7 Å². The summed E-state index contributed by atoms with van der Waals surface area (Å²) in [5.74, 6) is 0.191. The maximum Gasteiger partial charge on any atom is 0.338 e. The second kappa shape index (κ2) is 10.7. The first-order valence-corrected chi connectivity index (χ1v) is 13.2. The molecular formula is C30H26N2O6S. The summed E-state index contributed by atoms with van der Waals surface area (Å²) in [5, 5.41) is 0. The second-order valence-electron chi connectivity index (χ2n) is 8.94. The van der Waals surface area contributed by atoms with Crippen molar-refractivity contribution < 1.29 is 23.5 Å². The van der Waals surface area contributed by atoms with Crippen LogP contribution in [0, 0.1) is 6.92 Å². The molecule has 198 valence electrons. The molecule has 0 aliphatic carbocycles. The summed E-state index contributed by atoms with van der Waals surface area (Å²) in [6.07, 6.45) is 1.68. The number of aryl methyl sites for hydroxylation is 1. The first-order chi connectivity index (χ1) is 18.8. The fourth-order valence-electron chi connectivity index (χ4n) is 4.63. The van der Waals surface area contributed by atoms with Crippen molar-refractivity contribution in [3.05, 3.63) is 114 Å². The van der Waals surface area contributed by atoms with Crippen LogP contribution in [0.25, 0.3) is 17.4 Å². The van der Waals surface area contributed by atoms with Gasteiger partial charge in [-0.1, -0.05) is 47.7 Å². The third-order valence-corrected chi connectivity index (χ3v) is 7.43. The Morgan fingerprint density at radius 3 is 2.54 bits per heavy atom. The fraction of sp³-hybridized carbons (Fsp3) is 0.200. The molecule has 0 saturated heterocycles. The van der Waals surface area contributed by atoms with Crippen molar-refractivity contribution in [1.82, 2.24) is 4.57 Å². The fourth-order valence-corrected chi connectivity index (χ4v) is 5.66. The van der Waals surface area contributed by atoms with E-state index >= 15 is 0 Å². The Labute approximate surface area is 228 Å². The highest BCUT2D eigenvalue weighted by Crippen LogP contribution is 2.31. The predicted molar refractivity (Wildman–Crippen MR) is 147 cm³/mol. The summed E-state index contributed by atoms with van der Waals surface area (Å²) in [4.78, 5) is 43.6. The number of methoxy groups -OCH3 is 1. The summed E-state index contributed by atoms with van der Waals surface area (Å²) < 4.78 is 18.2. The normalized spacial score (nSPS) is 15.1. The summed E-state index contributed by atoms with van der Waals surface area (Å²) in [6, 6.07) is 17.6. The second-order valence-corrected chi connectivity index (χ2v) is 9.95. The minimum absolute atomic E-state index is 0.216. The van der Waals surface area contributed by atoms with Gasteiger partial charge in [-0.2, -0.15) is 0 Å². The van der Waals surface area contributed by atoms with Crippen LogP contribution in [0.1, 0.15) is 47.1 Å². The average Bonchev–Trinajstić information content (AvgIpc) is 3.52. The first-order valence-electron chi connectivity index (χ1n) is 12.4. The van der Waals surface area contributed by atoms with E-state index in [1.54, 1.807) is 48.8 Å². The molecule has 0 amide bonds. The van der Waals surface area contributed by atoms with Crippen LogP contribution in [0.4, 0.5) is 0 Å². The van der Waals surface area contributed by atoms with E-state index in [1.165, 1.54) is 18.4 Å². The molecule has 0 saturated carbocycles. The molecular weight excluding hydrogens is 516 g/mol. The Morgan fingerprint density at radius 1 is 1.08 bits per heavy atom. The number of benzene rings is 2. The van der Waals surface area contributed by atoms with Gasteiger partial charge in [0.15, 0.2) is 4.80 Å². The number of nitrogens with zero attached hydrogens (tertiary/aromatic N) is 2. The predicted octanol–water partition coefficient (Wildman–Crippen LogP) is 4.15. The van der Waals surface area contributed by atoms with E-state index in [-0.39, 0.29) is 12.2 Å². The number of furan rings is 1. The van der Waals surface area contributed by atoms with Crippen LogP contribution >= 0.6 is 11.3 Å². The van der Waals surface area contributed by atoms with Gasteiger partial charge >= 0.3 is 11.9 Å². The van der Waals surface area contributed by atoms with Gasteiger partial charge in [-0.05, 0) is 56.2 Å². The number of hydrogen-bond donors (Lipinski definition) is 0. The van der Waals surface area contributed by atoms with Crippen molar-refractivity contribution in [2.45, 2.75) is 26.8 Å². The Bertz CT molecular complexity index is 1790. The van der Waals surface area contributed by atoms with Crippen molar-refractivity contribution in [3.8, 4) is 11.3 Å². The van der Waals surface area contributed by atoms with Crippen molar-refractivity contribution >= 4 is 29.4 Å². The molecule has 2 aromatic heterocycles. The number of thiazole rings is 1. The molecule has 1 aliphatic heterocycles. The summed E-state index contributed by atoms with van der Waals surface area (Å²) in [6.45, 7) is 5.60. The lowest BCUT2D eigenvalue weighted by atomic mass is 9.96. The van der Waals surface area contributed by atoms with Gasteiger partial charge in [0.25, 0.3) is 5.56 Å². The molecule has 39 heavy (non-hydrogen) atoms. The molecule has 5 rings (SSSR count). The quantitative estimate of drug-likeness (QED) is 0.340. The van der Waals surface area contributed by atoms with E-state index < -0.39 is 18.0 Å². The van der Waals surface area contributed by atoms with E-state index in [0.29, 0.717) is 37.7 Å². The van der Waals surface area contributed by atoms with Crippen LogP contribution in [0.3, 0.4) is 0 Å². The van der Waals surface area contributed by atoms with Crippen molar-refractivity contribution in [1.29, 1.82) is 0 Å². The Kier molecular flexibility index (Phi) is 7.17. The lowest BCUT2D eigenvalue weighted by Crippen LogP contribution is -2.39. The number of carbonyl (C=O) groups is 2. The zero-order chi connectivity index (χ0) is 27.7. The Hall–Kier alpha value is -4.50. The Morgan fingerprint density at radius 2 is 1.85 bits per heavy atom. The van der Waals surface area contributed by atoms with Gasteiger partial charge < -0.3 is 13.9 Å². The monoisotopic (exact) mass is 542 g/mol. The molecule has 2 aromatic carbocycles. The molecule has 8 nitrogen and oxygen atoms in total. The molecule has 1 atom stereocenters. The smallest absolute Gasteiger partial charge is 0.338 e. The number of carbonyl (C=O) groups excluding carboxylic acids is 2. The molecule has 0 N–H and O–H groups in total. The molecule has 0 radical (unpaired) electrons. The van der Waals surface area contributed by atoms with Crippen molar-refractivity contribution in [2.75, 3.05) is 13.7 Å². The molecule has 1 aliphatic rings. The minimum Gasteiger partial charge on any atom is -0.465 e. The number of rotatable bonds is 6. The molecule has 4 aromatic rings. The van der Waals surface area contributed by atoms with Crippen LogP contribution < -0.4 is 14.9 Å². The van der Waals surface area contributed by atoms with Gasteiger partial charge in [0, 0.05) is 11.6 Å². The summed E-state index contributed by atoms with van der Waals surface area (Å²) in [7, 11) is 1.34. The zero-order valence-corrected chi connectivity index (χ0v) is 22.7. The molecule has 0 fully saturated rings. The summed E-state index contributed by atoms with van der Waals surface area (Å²) >= 11 is 1.23. The molecule has 9 heteroatoms. The van der Waals surface area contributed by atoms with E-state index in [1.807, 2.05) is 43.3 Å². The highest BCUT2D eigenvalue weighted by molar-refractivity contribution is 7.07. The number of aromatic nitrogens is 1. The topological polar surface area (TPSA) is 100 Å². The van der Waals surface area contributed by atoms with E-state index in [4.69, 9.17) is 13.9 Å². The molecule has 3 heterocycles. The third-order valence-electron chi connectivity index (χ3n) is 6.45. The number of ether oxygens (including phenoxy) is 2. The van der Waals surface area contributed by atoms with Crippen molar-refractivity contribution in [2.24, 2.45) is 4.99 Å². The lowest BCUT2D eigenvalue weighted by molar-refractivity contribution is -0.139. The van der Waals surface area contributed by atoms with Gasteiger partial charge in [0.2, 0.25) is 0 Å². The first kappa shape index (κ1) is 26.1. The number of fused-ring (bicyclic) bond motifs is 1. The lowest BCUT2D eigenvalue weighted by Gasteiger charge is -2.24. The number of hydrogen-bond acceptors (Lipinski definition) is 8. The average molecular weight is 543 g/mol. The maximum atomic E-state index is 13.7.